The van der Waals surface area contributed by atoms with Gasteiger partial charge in [0.05, 0.1) is 0 Å². The van der Waals surface area contributed by atoms with Crippen LogP contribution >= 0.6 is 0 Å². The van der Waals surface area contributed by atoms with E-state index in [1.54, 1.807) is 0 Å². The summed E-state index contributed by atoms with van der Waals surface area (Å²) in [5.41, 5.74) is 7.78. The van der Waals surface area contributed by atoms with E-state index in [0.29, 0.717) is 5.96 Å². The second-order valence-electron chi connectivity index (χ2n) is 3.90. The van der Waals surface area contributed by atoms with Gasteiger partial charge in [0, 0.05) is 25.3 Å². The highest BCUT2D eigenvalue weighted by molar-refractivity contribution is 5.91. The molecule has 4 heteroatoms. The van der Waals surface area contributed by atoms with E-state index >= 15 is 0 Å². The number of guanidine groups is 1. The molecular weight excluding hydrogens is 200 g/mol. The molecule has 0 bridgehead atoms. The molecule has 1 rings (SSSR count). The van der Waals surface area contributed by atoms with Crippen molar-refractivity contribution in [1.29, 1.82) is 5.41 Å². The fourth-order valence-electron chi connectivity index (χ4n) is 1.29. The summed E-state index contributed by atoms with van der Waals surface area (Å²) < 4.78 is 0. The van der Waals surface area contributed by atoms with Crippen molar-refractivity contribution < 1.29 is 0 Å². The van der Waals surface area contributed by atoms with Crippen LogP contribution in [0.15, 0.2) is 24.3 Å². The molecule has 0 fully saturated rings. The van der Waals surface area contributed by atoms with Crippen LogP contribution in [-0.2, 0) is 0 Å². The van der Waals surface area contributed by atoms with Gasteiger partial charge in [-0.3, -0.25) is 5.41 Å². The largest absolute Gasteiger partial charge is 0.346 e. The highest BCUT2D eigenvalue weighted by Gasteiger charge is 2.04. The van der Waals surface area contributed by atoms with Gasteiger partial charge in [0.25, 0.3) is 0 Å². The Balaban J connectivity index is 2.74. The Morgan fingerprint density at radius 2 is 2.25 bits per heavy atom. The first-order chi connectivity index (χ1) is 7.54. The third-order valence-corrected chi connectivity index (χ3v) is 2.53. The van der Waals surface area contributed by atoms with Gasteiger partial charge in [0.1, 0.15) is 0 Å². The minimum absolute atomic E-state index is 0.0137. The number of rotatable bonds is 3. The quantitative estimate of drug-likeness (QED) is 0.539. The molecule has 0 heterocycles. The van der Waals surface area contributed by atoms with Gasteiger partial charge in [-0.05, 0) is 31.5 Å². The van der Waals surface area contributed by atoms with Crippen LogP contribution in [0.3, 0.4) is 0 Å². The molecular formula is C12H20N4. The predicted octanol–water partition coefficient (Wildman–Crippen LogP) is 2.00. The van der Waals surface area contributed by atoms with Crippen LogP contribution in [0.1, 0.15) is 25.5 Å². The summed E-state index contributed by atoms with van der Waals surface area (Å²) in [4.78, 5) is 1.83. The average molecular weight is 220 g/mol. The molecule has 0 aromatic heterocycles. The Hall–Kier alpha value is -1.55. The van der Waals surface area contributed by atoms with Crippen molar-refractivity contribution in [2.45, 2.75) is 19.9 Å². The third-order valence-electron chi connectivity index (χ3n) is 2.53. The van der Waals surface area contributed by atoms with E-state index in [1.165, 1.54) is 0 Å². The summed E-state index contributed by atoms with van der Waals surface area (Å²) in [5, 5.41) is 10.8. The lowest BCUT2D eigenvalue weighted by molar-refractivity contribution is 0.530. The van der Waals surface area contributed by atoms with Crippen LogP contribution in [0.4, 0.5) is 5.69 Å². The average Bonchev–Trinajstić information content (AvgIpc) is 2.28. The van der Waals surface area contributed by atoms with Crippen LogP contribution in [0.5, 0.6) is 0 Å². The summed E-state index contributed by atoms with van der Waals surface area (Å²) in [6, 6.07) is 7.86. The number of anilines is 1. The second kappa shape index (κ2) is 5.51. The molecule has 1 aromatic carbocycles. The van der Waals surface area contributed by atoms with Gasteiger partial charge in [0.2, 0.25) is 0 Å². The summed E-state index contributed by atoms with van der Waals surface area (Å²) in [6.45, 7) is 4.76. The standard InChI is InChI=1S/C12H20N4/c1-4-16(3)12(14)15-11-7-5-6-10(8-11)9(2)13/h5-9H,4,13H2,1-3H3,(H2,14,15). The molecule has 0 spiro atoms. The molecule has 4 nitrogen and oxygen atoms in total. The molecule has 0 aliphatic rings. The Morgan fingerprint density at radius 1 is 1.56 bits per heavy atom. The highest BCUT2D eigenvalue weighted by Crippen LogP contribution is 2.15. The van der Waals surface area contributed by atoms with Crippen LogP contribution < -0.4 is 11.1 Å². The lowest BCUT2D eigenvalue weighted by atomic mass is 10.1. The fraction of sp³-hybridized carbons (Fsp3) is 0.417. The Bertz CT molecular complexity index is 360. The van der Waals surface area contributed by atoms with E-state index < -0.39 is 0 Å². The van der Waals surface area contributed by atoms with E-state index in [-0.39, 0.29) is 6.04 Å². The van der Waals surface area contributed by atoms with Crippen LogP contribution in [0.25, 0.3) is 0 Å². The SMILES string of the molecule is CCN(C)C(=N)Nc1cccc(C(C)N)c1. The zero-order chi connectivity index (χ0) is 12.1. The van der Waals surface area contributed by atoms with Gasteiger partial charge in [-0.15, -0.1) is 0 Å². The van der Waals surface area contributed by atoms with Crippen LogP contribution in [0, 0.1) is 5.41 Å². The van der Waals surface area contributed by atoms with Crippen molar-refractivity contribution in [2.24, 2.45) is 5.73 Å². The number of nitrogens with one attached hydrogen (secondary N) is 2. The number of hydrogen-bond donors (Lipinski definition) is 3. The molecule has 16 heavy (non-hydrogen) atoms. The molecule has 1 atom stereocenters. The molecule has 0 amide bonds. The maximum absolute atomic E-state index is 7.79. The maximum Gasteiger partial charge on any atom is 0.195 e. The van der Waals surface area contributed by atoms with Gasteiger partial charge in [-0.2, -0.15) is 0 Å². The van der Waals surface area contributed by atoms with Crippen LogP contribution in [0.2, 0.25) is 0 Å². The Kier molecular flexibility index (Phi) is 4.31. The molecule has 1 aromatic rings. The lowest BCUT2D eigenvalue weighted by Gasteiger charge is -2.19. The summed E-state index contributed by atoms with van der Waals surface area (Å²) in [7, 11) is 1.88. The van der Waals surface area contributed by atoms with E-state index in [9.17, 15) is 0 Å². The summed E-state index contributed by atoms with van der Waals surface area (Å²) in [6.07, 6.45) is 0. The first-order valence-electron chi connectivity index (χ1n) is 5.46. The molecule has 0 aliphatic heterocycles. The monoisotopic (exact) mass is 220 g/mol. The zero-order valence-corrected chi connectivity index (χ0v) is 10.1. The fourth-order valence-corrected chi connectivity index (χ4v) is 1.29. The smallest absolute Gasteiger partial charge is 0.195 e. The maximum atomic E-state index is 7.79. The summed E-state index contributed by atoms with van der Waals surface area (Å²) in [5.74, 6) is 0.393. The minimum Gasteiger partial charge on any atom is -0.346 e. The topological polar surface area (TPSA) is 65.1 Å². The lowest BCUT2D eigenvalue weighted by Crippen LogP contribution is -2.31. The molecule has 0 saturated heterocycles. The van der Waals surface area contributed by atoms with Crippen LogP contribution in [-0.4, -0.2) is 24.5 Å². The van der Waals surface area contributed by atoms with Crippen molar-refractivity contribution in [3.8, 4) is 0 Å². The Labute approximate surface area is 97.0 Å². The van der Waals surface area contributed by atoms with Gasteiger partial charge in [0.15, 0.2) is 5.96 Å². The second-order valence-corrected chi connectivity index (χ2v) is 3.90. The van der Waals surface area contributed by atoms with Crippen molar-refractivity contribution in [3.05, 3.63) is 29.8 Å². The third kappa shape index (κ3) is 3.24. The van der Waals surface area contributed by atoms with Crippen molar-refractivity contribution >= 4 is 11.6 Å². The van der Waals surface area contributed by atoms with Gasteiger partial charge in [-0.1, -0.05) is 12.1 Å². The van der Waals surface area contributed by atoms with Gasteiger partial charge in [-0.25, -0.2) is 0 Å². The van der Waals surface area contributed by atoms with Crippen molar-refractivity contribution in [3.63, 3.8) is 0 Å². The molecule has 0 aliphatic carbocycles. The first-order valence-corrected chi connectivity index (χ1v) is 5.46. The van der Waals surface area contributed by atoms with E-state index in [1.807, 2.05) is 50.1 Å². The molecule has 4 N–H and O–H groups in total. The number of nitrogens with two attached hydrogens (primary N) is 1. The van der Waals surface area contributed by atoms with E-state index in [2.05, 4.69) is 5.32 Å². The molecule has 88 valence electrons. The Morgan fingerprint density at radius 3 is 2.81 bits per heavy atom. The number of hydrogen-bond acceptors (Lipinski definition) is 2. The van der Waals surface area contributed by atoms with Crippen molar-refractivity contribution in [1.82, 2.24) is 4.90 Å². The molecule has 0 saturated carbocycles. The van der Waals surface area contributed by atoms with E-state index in [4.69, 9.17) is 11.1 Å². The highest BCUT2D eigenvalue weighted by atomic mass is 15.3. The first kappa shape index (κ1) is 12.5. The zero-order valence-electron chi connectivity index (χ0n) is 10.1. The van der Waals surface area contributed by atoms with E-state index in [0.717, 1.165) is 17.8 Å². The predicted molar refractivity (Wildman–Crippen MR) is 68.7 cm³/mol. The van der Waals surface area contributed by atoms with Crippen molar-refractivity contribution in [2.75, 3.05) is 18.9 Å². The van der Waals surface area contributed by atoms with Gasteiger partial charge >= 0.3 is 0 Å². The summed E-state index contributed by atoms with van der Waals surface area (Å²) >= 11 is 0. The number of benzene rings is 1. The molecule has 0 radical (unpaired) electrons. The normalized spacial score (nSPS) is 12.0. The minimum atomic E-state index is 0.0137. The molecule has 1 unspecified atom stereocenters. The van der Waals surface area contributed by atoms with Gasteiger partial charge < -0.3 is 16.0 Å². The number of nitrogens with zero attached hydrogens (tertiary/aromatic N) is 1.